The number of carbonyl (C=O) groups is 1. The molecule has 0 aliphatic carbocycles. The first-order valence-electron chi connectivity index (χ1n) is 6.27. The first-order valence-corrected chi connectivity index (χ1v) is 6.27. The van der Waals surface area contributed by atoms with Crippen molar-refractivity contribution >= 4 is 5.91 Å². The summed E-state index contributed by atoms with van der Waals surface area (Å²) in [4.78, 5) is 11.5. The lowest BCUT2D eigenvalue weighted by atomic mass is 10.0. The van der Waals surface area contributed by atoms with Gasteiger partial charge in [0.15, 0.2) is 0 Å². The van der Waals surface area contributed by atoms with Crippen LogP contribution < -0.4 is 11.1 Å². The van der Waals surface area contributed by atoms with Crippen LogP contribution >= 0.6 is 0 Å². The highest BCUT2D eigenvalue weighted by atomic mass is 16.3. The maximum atomic E-state index is 11.5. The lowest BCUT2D eigenvalue weighted by Gasteiger charge is -2.15. The highest BCUT2D eigenvalue weighted by Crippen LogP contribution is 2.06. The highest BCUT2D eigenvalue weighted by molar-refractivity contribution is 5.76. The van der Waals surface area contributed by atoms with Gasteiger partial charge in [-0.3, -0.25) is 4.79 Å². The zero-order valence-electron chi connectivity index (χ0n) is 10.5. The van der Waals surface area contributed by atoms with Crippen molar-refractivity contribution < 1.29 is 9.90 Å². The summed E-state index contributed by atoms with van der Waals surface area (Å²) in [5, 5.41) is 11.7. The number of aliphatic hydroxyl groups excluding tert-OH is 1. The third kappa shape index (κ3) is 7.65. The second kappa shape index (κ2) is 9.60. The summed E-state index contributed by atoms with van der Waals surface area (Å²) in [6, 6.07) is -0.0251. The van der Waals surface area contributed by atoms with Gasteiger partial charge >= 0.3 is 0 Å². The molecule has 16 heavy (non-hydrogen) atoms. The smallest absolute Gasteiger partial charge is 0.221 e. The maximum absolute atomic E-state index is 11.5. The third-order valence-electron chi connectivity index (χ3n) is 2.81. The van der Waals surface area contributed by atoms with E-state index in [1.165, 1.54) is 0 Å². The molecule has 0 aromatic carbocycles. The molecule has 0 aliphatic heterocycles. The van der Waals surface area contributed by atoms with Crippen molar-refractivity contribution in [2.75, 3.05) is 13.2 Å². The van der Waals surface area contributed by atoms with Crippen LogP contribution in [0.3, 0.4) is 0 Å². The zero-order valence-corrected chi connectivity index (χ0v) is 10.5. The lowest BCUT2D eigenvalue weighted by Crippen LogP contribution is -2.34. The van der Waals surface area contributed by atoms with Crippen LogP contribution in [0.2, 0.25) is 0 Å². The number of carbonyl (C=O) groups excluding carboxylic acids is 1. The van der Waals surface area contributed by atoms with E-state index in [0.29, 0.717) is 18.9 Å². The van der Waals surface area contributed by atoms with Gasteiger partial charge in [-0.25, -0.2) is 0 Å². The van der Waals surface area contributed by atoms with Crippen LogP contribution in [0.25, 0.3) is 0 Å². The lowest BCUT2D eigenvalue weighted by molar-refractivity contribution is -0.121. The van der Waals surface area contributed by atoms with Gasteiger partial charge in [-0.2, -0.15) is 0 Å². The molecule has 0 aromatic rings. The van der Waals surface area contributed by atoms with Gasteiger partial charge in [0.2, 0.25) is 5.91 Å². The number of aliphatic hydroxyl groups is 1. The van der Waals surface area contributed by atoms with Crippen molar-refractivity contribution in [3.8, 4) is 0 Å². The van der Waals surface area contributed by atoms with Gasteiger partial charge in [-0.1, -0.05) is 26.7 Å². The standard InChI is InChI=1S/C12H26N2O2/c1-3-5-11(13)8-12(16)14-9-10(4-2)6-7-15/h10-11,15H,3-9,13H2,1-2H3,(H,14,16). The Labute approximate surface area is 98.6 Å². The topological polar surface area (TPSA) is 75.4 Å². The van der Waals surface area contributed by atoms with Crippen molar-refractivity contribution in [3.63, 3.8) is 0 Å². The largest absolute Gasteiger partial charge is 0.396 e. The van der Waals surface area contributed by atoms with Crippen molar-refractivity contribution in [2.24, 2.45) is 11.7 Å². The molecule has 4 nitrogen and oxygen atoms in total. The molecule has 0 saturated heterocycles. The average Bonchev–Trinajstić information content (AvgIpc) is 2.24. The van der Waals surface area contributed by atoms with Gasteiger partial charge in [-0.15, -0.1) is 0 Å². The second-order valence-corrected chi connectivity index (χ2v) is 4.34. The Balaban J connectivity index is 3.70. The number of nitrogens with one attached hydrogen (secondary N) is 1. The monoisotopic (exact) mass is 230 g/mol. The molecule has 0 rings (SSSR count). The van der Waals surface area contributed by atoms with E-state index >= 15 is 0 Å². The van der Waals surface area contributed by atoms with Crippen LogP contribution in [0.5, 0.6) is 0 Å². The van der Waals surface area contributed by atoms with E-state index in [0.717, 1.165) is 25.7 Å². The molecular formula is C12H26N2O2. The number of rotatable bonds is 9. The van der Waals surface area contributed by atoms with E-state index in [1.807, 2.05) is 0 Å². The molecule has 0 spiro atoms. The summed E-state index contributed by atoms with van der Waals surface area (Å²) in [6.07, 6.45) is 4.03. The molecule has 2 atom stereocenters. The molecule has 2 unspecified atom stereocenters. The van der Waals surface area contributed by atoms with E-state index in [1.54, 1.807) is 0 Å². The molecule has 0 aliphatic rings. The Bertz CT molecular complexity index is 186. The predicted molar refractivity (Wildman–Crippen MR) is 66.0 cm³/mol. The van der Waals surface area contributed by atoms with Crippen molar-refractivity contribution in [1.29, 1.82) is 0 Å². The molecular weight excluding hydrogens is 204 g/mol. The van der Waals surface area contributed by atoms with E-state index in [9.17, 15) is 4.79 Å². The Morgan fingerprint density at radius 3 is 2.56 bits per heavy atom. The molecule has 4 heteroatoms. The fraction of sp³-hybridized carbons (Fsp3) is 0.917. The summed E-state index contributed by atoms with van der Waals surface area (Å²) < 4.78 is 0. The third-order valence-corrected chi connectivity index (χ3v) is 2.81. The Hall–Kier alpha value is -0.610. The van der Waals surface area contributed by atoms with E-state index in [-0.39, 0.29) is 18.6 Å². The Morgan fingerprint density at radius 2 is 2.06 bits per heavy atom. The Kier molecular flexibility index (Phi) is 9.24. The summed E-state index contributed by atoms with van der Waals surface area (Å²) in [7, 11) is 0. The summed E-state index contributed by atoms with van der Waals surface area (Å²) in [5.74, 6) is 0.397. The number of hydrogen-bond donors (Lipinski definition) is 3. The van der Waals surface area contributed by atoms with Crippen LogP contribution in [-0.4, -0.2) is 30.2 Å². The minimum atomic E-state index is -0.0251. The first-order chi connectivity index (χ1) is 7.63. The van der Waals surface area contributed by atoms with Crippen molar-refractivity contribution in [2.45, 2.75) is 52.0 Å². The van der Waals surface area contributed by atoms with Crippen LogP contribution in [0.15, 0.2) is 0 Å². The molecule has 0 heterocycles. The SMILES string of the molecule is CCCC(N)CC(=O)NCC(CC)CCO. The van der Waals surface area contributed by atoms with Gasteiger partial charge in [0, 0.05) is 25.6 Å². The van der Waals surface area contributed by atoms with Gasteiger partial charge in [-0.05, 0) is 18.8 Å². The molecule has 1 amide bonds. The molecule has 4 N–H and O–H groups in total. The average molecular weight is 230 g/mol. The molecule has 0 aromatic heterocycles. The van der Waals surface area contributed by atoms with Crippen molar-refractivity contribution in [3.05, 3.63) is 0 Å². The van der Waals surface area contributed by atoms with E-state index in [4.69, 9.17) is 10.8 Å². The summed E-state index contributed by atoms with van der Waals surface area (Å²) >= 11 is 0. The van der Waals surface area contributed by atoms with Crippen molar-refractivity contribution in [1.82, 2.24) is 5.32 Å². The number of nitrogens with two attached hydrogens (primary N) is 1. The summed E-state index contributed by atoms with van der Waals surface area (Å²) in [5.41, 5.74) is 5.78. The highest BCUT2D eigenvalue weighted by Gasteiger charge is 2.11. The quantitative estimate of drug-likeness (QED) is 0.554. The fourth-order valence-corrected chi connectivity index (χ4v) is 1.67. The second-order valence-electron chi connectivity index (χ2n) is 4.34. The zero-order chi connectivity index (χ0) is 12.4. The molecule has 0 fully saturated rings. The van der Waals surface area contributed by atoms with Crippen LogP contribution in [0, 0.1) is 5.92 Å². The molecule has 0 radical (unpaired) electrons. The van der Waals surface area contributed by atoms with E-state index in [2.05, 4.69) is 19.2 Å². The van der Waals surface area contributed by atoms with Crippen LogP contribution in [0.1, 0.15) is 46.0 Å². The first kappa shape index (κ1) is 15.4. The number of hydrogen-bond acceptors (Lipinski definition) is 3. The molecule has 0 bridgehead atoms. The molecule has 96 valence electrons. The number of amides is 1. The van der Waals surface area contributed by atoms with Gasteiger partial charge < -0.3 is 16.2 Å². The van der Waals surface area contributed by atoms with Crippen LogP contribution in [-0.2, 0) is 4.79 Å². The summed E-state index contributed by atoms with van der Waals surface area (Å²) in [6.45, 7) is 4.96. The predicted octanol–water partition coefficient (Wildman–Crippen LogP) is 1.03. The van der Waals surface area contributed by atoms with Crippen LogP contribution in [0.4, 0.5) is 0 Å². The fourth-order valence-electron chi connectivity index (χ4n) is 1.67. The van der Waals surface area contributed by atoms with Gasteiger partial charge in [0.1, 0.15) is 0 Å². The maximum Gasteiger partial charge on any atom is 0.221 e. The molecule has 0 saturated carbocycles. The van der Waals surface area contributed by atoms with Gasteiger partial charge in [0.25, 0.3) is 0 Å². The minimum Gasteiger partial charge on any atom is -0.396 e. The van der Waals surface area contributed by atoms with Gasteiger partial charge in [0.05, 0.1) is 0 Å². The normalized spacial score (nSPS) is 14.5. The Morgan fingerprint density at radius 1 is 1.38 bits per heavy atom. The minimum absolute atomic E-state index is 0.0251. The van der Waals surface area contributed by atoms with E-state index < -0.39 is 0 Å².